The van der Waals surface area contributed by atoms with Crippen LogP contribution in [0, 0.1) is 17.2 Å². The lowest BCUT2D eigenvalue weighted by Gasteiger charge is -2.31. The van der Waals surface area contributed by atoms with Crippen LogP contribution >= 0.6 is 0 Å². The highest BCUT2D eigenvalue weighted by Gasteiger charge is 2.29. The van der Waals surface area contributed by atoms with Crippen LogP contribution in [0.3, 0.4) is 0 Å². The molecule has 3 heterocycles. The first kappa shape index (κ1) is 19.3. The van der Waals surface area contributed by atoms with Gasteiger partial charge < -0.3 is 10.2 Å². The molecule has 8 heteroatoms. The molecular formula is C22H20N6O2. The maximum atomic E-state index is 12.9. The number of likely N-dealkylation sites (tertiary alicyclic amines) is 1. The number of hydrogen-bond acceptors (Lipinski definition) is 5. The third-order valence-corrected chi connectivity index (χ3v) is 5.12. The van der Waals surface area contributed by atoms with Crippen LogP contribution in [0.25, 0.3) is 11.3 Å². The Hall–Kier alpha value is -3.99. The number of amides is 2. The molecule has 2 aromatic heterocycles. The Morgan fingerprint density at radius 3 is 2.83 bits per heavy atom. The summed E-state index contributed by atoms with van der Waals surface area (Å²) < 4.78 is 0. The van der Waals surface area contributed by atoms with Gasteiger partial charge in [-0.1, -0.05) is 6.07 Å². The van der Waals surface area contributed by atoms with E-state index in [1.165, 1.54) is 0 Å². The van der Waals surface area contributed by atoms with Crippen LogP contribution in [0.2, 0.25) is 0 Å². The van der Waals surface area contributed by atoms with Gasteiger partial charge in [-0.05, 0) is 49.2 Å². The number of nitrogens with one attached hydrogen (secondary N) is 2. The molecule has 1 aliphatic rings. The Morgan fingerprint density at radius 2 is 2.03 bits per heavy atom. The Kier molecular flexibility index (Phi) is 5.52. The summed E-state index contributed by atoms with van der Waals surface area (Å²) in [6, 6.07) is 14.2. The molecule has 0 unspecified atom stereocenters. The summed E-state index contributed by atoms with van der Waals surface area (Å²) in [5.74, 6) is -0.632. The van der Waals surface area contributed by atoms with E-state index in [1.807, 2.05) is 12.1 Å². The average molecular weight is 400 g/mol. The maximum Gasteiger partial charge on any atom is 0.271 e. The number of nitrogens with zero attached hydrogens (tertiary/aromatic N) is 4. The van der Waals surface area contributed by atoms with Crippen molar-refractivity contribution < 1.29 is 9.59 Å². The van der Waals surface area contributed by atoms with Crippen LogP contribution < -0.4 is 5.32 Å². The average Bonchev–Trinajstić information content (AvgIpc) is 3.30. The molecule has 2 amide bonds. The molecule has 4 rings (SSSR count). The molecule has 0 bridgehead atoms. The summed E-state index contributed by atoms with van der Waals surface area (Å²) in [5.41, 5.74) is 3.00. The van der Waals surface area contributed by atoms with E-state index in [9.17, 15) is 9.59 Å². The molecule has 1 saturated heterocycles. The predicted molar refractivity (Wildman–Crippen MR) is 110 cm³/mol. The fourth-order valence-corrected chi connectivity index (χ4v) is 3.56. The van der Waals surface area contributed by atoms with Gasteiger partial charge in [-0.3, -0.25) is 19.7 Å². The molecule has 150 valence electrons. The van der Waals surface area contributed by atoms with E-state index >= 15 is 0 Å². The number of aromatic amines is 1. The smallest absolute Gasteiger partial charge is 0.271 e. The van der Waals surface area contributed by atoms with Crippen molar-refractivity contribution in [1.29, 1.82) is 5.26 Å². The van der Waals surface area contributed by atoms with Crippen LogP contribution in [0.5, 0.6) is 0 Å². The number of carbonyl (C=O) groups excluding carboxylic acids is 2. The predicted octanol–water partition coefficient (Wildman–Crippen LogP) is 2.83. The van der Waals surface area contributed by atoms with Crippen molar-refractivity contribution in [2.75, 3.05) is 18.4 Å². The van der Waals surface area contributed by atoms with E-state index in [-0.39, 0.29) is 17.7 Å². The summed E-state index contributed by atoms with van der Waals surface area (Å²) in [4.78, 5) is 31.3. The van der Waals surface area contributed by atoms with Gasteiger partial charge in [0.2, 0.25) is 5.91 Å². The number of nitriles is 1. The summed E-state index contributed by atoms with van der Waals surface area (Å²) in [5, 5.41) is 18.9. The summed E-state index contributed by atoms with van der Waals surface area (Å²) in [6.45, 7) is 0.933. The van der Waals surface area contributed by atoms with E-state index < -0.39 is 0 Å². The third kappa shape index (κ3) is 4.20. The number of H-pyrrole nitrogens is 1. The molecular weight excluding hydrogens is 380 g/mol. The number of carbonyl (C=O) groups is 2. The van der Waals surface area contributed by atoms with Crippen molar-refractivity contribution in [2.24, 2.45) is 5.92 Å². The second-order valence-electron chi connectivity index (χ2n) is 7.17. The van der Waals surface area contributed by atoms with Crippen molar-refractivity contribution in [1.82, 2.24) is 20.1 Å². The van der Waals surface area contributed by atoms with E-state index in [2.05, 4.69) is 26.6 Å². The lowest BCUT2D eigenvalue weighted by Crippen LogP contribution is -2.43. The van der Waals surface area contributed by atoms with Crippen LogP contribution in [0.4, 0.5) is 5.69 Å². The minimum atomic E-state index is -0.309. The van der Waals surface area contributed by atoms with Crippen molar-refractivity contribution >= 4 is 17.5 Å². The number of aromatic nitrogens is 3. The zero-order chi connectivity index (χ0) is 20.9. The Morgan fingerprint density at radius 1 is 1.20 bits per heavy atom. The SMILES string of the molecule is N#Cc1cccc(NC(=O)[C@@H]2CCCN(C(=O)c3cc(-c4ccncc4)n[nH]3)C2)c1. The normalized spacial score (nSPS) is 16.0. The zero-order valence-electron chi connectivity index (χ0n) is 16.2. The molecule has 1 aromatic carbocycles. The Bertz CT molecular complexity index is 1100. The highest BCUT2D eigenvalue weighted by molar-refractivity contribution is 5.96. The molecule has 3 aromatic rings. The van der Waals surface area contributed by atoms with Gasteiger partial charge >= 0.3 is 0 Å². The Balaban J connectivity index is 1.42. The van der Waals surface area contributed by atoms with E-state index in [0.29, 0.717) is 42.1 Å². The van der Waals surface area contributed by atoms with Gasteiger partial charge in [0, 0.05) is 36.7 Å². The first-order valence-corrected chi connectivity index (χ1v) is 9.70. The second-order valence-corrected chi connectivity index (χ2v) is 7.17. The van der Waals surface area contributed by atoms with E-state index in [0.717, 1.165) is 12.0 Å². The quantitative estimate of drug-likeness (QED) is 0.699. The minimum Gasteiger partial charge on any atom is -0.337 e. The number of anilines is 1. The molecule has 1 aliphatic heterocycles. The largest absolute Gasteiger partial charge is 0.337 e. The highest BCUT2D eigenvalue weighted by atomic mass is 16.2. The van der Waals surface area contributed by atoms with E-state index in [1.54, 1.807) is 47.6 Å². The molecule has 1 fully saturated rings. The van der Waals surface area contributed by atoms with Gasteiger partial charge in [-0.2, -0.15) is 10.4 Å². The van der Waals surface area contributed by atoms with Gasteiger partial charge in [0.05, 0.1) is 23.2 Å². The molecule has 8 nitrogen and oxygen atoms in total. The van der Waals surface area contributed by atoms with Crippen LogP contribution in [0.15, 0.2) is 54.9 Å². The first-order valence-electron chi connectivity index (χ1n) is 9.70. The molecule has 0 saturated carbocycles. The fraction of sp³-hybridized carbons (Fsp3) is 0.227. The summed E-state index contributed by atoms with van der Waals surface area (Å²) in [6.07, 6.45) is 4.80. The van der Waals surface area contributed by atoms with Gasteiger partial charge in [-0.15, -0.1) is 0 Å². The van der Waals surface area contributed by atoms with Crippen molar-refractivity contribution in [3.8, 4) is 17.3 Å². The maximum absolute atomic E-state index is 12.9. The minimum absolute atomic E-state index is 0.148. The topological polar surface area (TPSA) is 115 Å². The van der Waals surface area contributed by atoms with Gasteiger partial charge in [0.25, 0.3) is 5.91 Å². The third-order valence-electron chi connectivity index (χ3n) is 5.12. The van der Waals surface area contributed by atoms with Crippen molar-refractivity contribution in [2.45, 2.75) is 12.8 Å². The van der Waals surface area contributed by atoms with Gasteiger partial charge in [-0.25, -0.2) is 0 Å². The lowest BCUT2D eigenvalue weighted by atomic mass is 9.96. The Labute approximate surface area is 173 Å². The number of benzene rings is 1. The van der Waals surface area contributed by atoms with Gasteiger partial charge in [0.15, 0.2) is 0 Å². The standard InChI is InChI=1S/C22H20N6O2/c23-13-15-3-1-5-18(11-15)25-21(29)17-4-2-10-28(14-17)22(30)20-12-19(26-27-20)16-6-8-24-9-7-16/h1,3,5-9,11-12,17H,2,4,10,14H2,(H,25,29)(H,26,27)/t17-/m1/s1. The number of rotatable bonds is 4. The van der Waals surface area contributed by atoms with Gasteiger partial charge in [0.1, 0.15) is 5.69 Å². The summed E-state index contributed by atoms with van der Waals surface area (Å²) >= 11 is 0. The molecule has 1 atom stereocenters. The zero-order valence-corrected chi connectivity index (χ0v) is 16.2. The number of hydrogen-bond donors (Lipinski definition) is 2. The lowest BCUT2D eigenvalue weighted by molar-refractivity contribution is -0.121. The monoisotopic (exact) mass is 400 g/mol. The van der Waals surface area contributed by atoms with Crippen molar-refractivity contribution in [3.63, 3.8) is 0 Å². The molecule has 2 N–H and O–H groups in total. The van der Waals surface area contributed by atoms with E-state index in [4.69, 9.17) is 5.26 Å². The molecule has 0 spiro atoms. The van der Waals surface area contributed by atoms with Crippen LogP contribution in [0.1, 0.15) is 28.9 Å². The van der Waals surface area contributed by atoms with Crippen molar-refractivity contribution in [3.05, 3.63) is 66.1 Å². The first-order chi connectivity index (χ1) is 14.6. The fourth-order valence-electron chi connectivity index (χ4n) is 3.56. The number of piperidine rings is 1. The second kappa shape index (κ2) is 8.57. The van der Waals surface area contributed by atoms with Crippen LogP contribution in [-0.4, -0.2) is 45.0 Å². The number of pyridine rings is 1. The molecule has 0 radical (unpaired) electrons. The molecule has 0 aliphatic carbocycles. The molecule has 30 heavy (non-hydrogen) atoms. The highest BCUT2D eigenvalue weighted by Crippen LogP contribution is 2.22. The summed E-state index contributed by atoms with van der Waals surface area (Å²) in [7, 11) is 0. The van der Waals surface area contributed by atoms with Crippen LogP contribution in [-0.2, 0) is 4.79 Å².